The standard InChI is InChI=1S/C21H28N2O/c1-21(2,3)23-20(24)19(22)15-18-13-11-17(12-14-18)10-9-16-7-5-4-6-8-16/h4-8,11-14,19H,9-10,15,22H2,1-3H3,(H,23,24). The van der Waals surface area contributed by atoms with Crippen molar-refractivity contribution in [2.24, 2.45) is 5.73 Å². The largest absolute Gasteiger partial charge is 0.350 e. The Balaban J connectivity index is 1.86. The number of amides is 1. The summed E-state index contributed by atoms with van der Waals surface area (Å²) in [6.07, 6.45) is 2.61. The van der Waals surface area contributed by atoms with Gasteiger partial charge in [0.15, 0.2) is 0 Å². The molecule has 2 rings (SSSR count). The third-order valence-electron chi connectivity index (χ3n) is 3.86. The summed E-state index contributed by atoms with van der Waals surface area (Å²) in [5.74, 6) is -0.101. The maximum Gasteiger partial charge on any atom is 0.237 e. The number of hydrogen-bond donors (Lipinski definition) is 2. The number of aryl methyl sites for hydroxylation is 2. The van der Waals surface area contributed by atoms with Gasteiger partial charge in [-0.05, 0) is 56.7 Å². The van der Waals surface area contributed by atoms with Crippen LogP contribution in [0.4, 0.5) is 0 Å². The predicted octanol–water partition coefficient (Wildman–Crippen LogP) is 3.26. The molecule has 0 heterocycles. The third kappa shape index (κ3) is 6.17. The Morgan fingerprint density at radius 3 is 1.96 bits per heavy atom. The van der Waals surface area contributed by atoms with Gasteiger partial charge >= 0.3 is 0 Å². The molecule has 24 heavy (non-hydrogen) atoms. The fourth-order valence-corrected chi connectivity index (χ4v) is 2.58. The Bertz CT molecular complexity index is 642. The number of carbonyl (C=O) groups excluding carboxylic acids is 1. The van der Waals surface area contributed by atoms with E-state index in [4.69, 9.17) is 5.73 Å². The number of nitrogens with one attached hydrogen (secondary N) is 1. The van der Waals surface area contributed by atoms with Gasteiger partial charge in [0.2, 0.25) is 5.91 Å². The van der Waals surface area contributed by atoms with Crippen molar-refractivity contribution in [3.63, 3.8) is 0 Å². The molecule has 0 fully saturated rings. The third-order valence-corrected chi connectivity index (χ3v) is 3.86. The summed E-state index contributed by atoms with van der Waals surface area (Å²) in [4.78, 5) is 12.1. The van der Waals surface area contributed by atoms with Crippen molar-refractivity contribution >= 4 is 5.91 Å². The van der Waals surface area contributed by atoms with Crippen molar-refractivity contribution in [3.05, 3.63) is 71.3 Å². The number of hydrogen-bond acceptors (Lipinski definition) is 2. The topological polar surface area (TPSA) is 55.1 Å². The van der Waals surface area contributed by atoms with Gasteiger partial charge in [-0.25, -0.2) is 0 Å². The minimum atomic E-state index is -0.514. The van der Waals surface area contributed by atoms with Crippen LogP contribution < -0.4 is 11.1 Å². The molecular weight excluding hydrogens is 296 g/mol. The Labute approximate surface area is 145 Å². The van der Waals surface area contributed by atoms with Gasteiger partial charge in [-0.1, -0.05) is 54.6 Å². The zero-order chi connectivity index (χ0) is 17.6. The maximum absolute atomic E-state index is 12.1. The highest BCUT2D eigenvalue weighted by Crippen LogP contribution is 2.11. The summed E-state index contributed by atoms with van der Waals surface area (Å²) in [5, 5.41) is 2.93. The lowest BCUT2D eigenvalue weighted by Crippen LogP contribution is -2.49. The van der Waals surface area contributed by atoms with Crippen molar-refractivity contribution in [2.45, 2.75) is 51.6 Å². The monoisotopic (exact) mass is 324 g/mol. The van der Waals surface area contributed by atoms with Crippen molar-refractivity contribution in [1.82, 2.24) is 5.32 Å². The molecule has 1 atom stereocenters. The number of rotatable bonds is 6. The van der Waals surface area contributed by atoms with Crippen LogP contribution in [0.3, 0.4) is 0 Å². The van der Waals surface area contributed by atoms with Crippen LogP contribution in [0.1, 0.15) is 37.5 Å². The smallest absolute Gasteiger partial charge is 0.237 e. The molecule has 0 aliphatic rings. The molecule has 0 radical (unpaired) electrons. The SMILES string of the molecule is CC(C)(C)NC(=O)C(N)Cc1ccc(CCc2ccccc2)cc1. The minimum absolute atomic E-state index is 0.101. The van der Waals surface area contributed by atoms with Crippen molar-refractivity contribution < 1.29 is 4.79 Å². The lowest BCUT2D eigenvalue weighted by atomic mass is 10.00. The van der Waals surface area contributed by atoms with E-state index in [0.717, 1.165) is 18.4 Å². The van der Waals surface area contributed by atoms with E-state index in [1.165, 1.54) is 11.1 Å². The molecule has 1 unspecified atom stereocenters. The predicted molar refractivity (Wildman–Crippen MR) is 99.9 cm³/mol. The van der Waals surface area contributed by atoms with Gasteiger partial charge in [-0.2, -0.15) is 0 Å². The highest BCUT2D eigenvalue weighted by Gasteiger charge is 2.19. The van der Waals surface area contributed by atoms with Gasteiger partial charge in [0, 0.05) is 5.54 Å². The Morgan fingerprint density at radius 2 is 1.42 bits per heavy atom. The van der Waals surface area contributed by atoms with Gasteiger partial charge in [-0.3, -0.25) is 4.79 Å². The fraction of sp³-hybridized carbons (Fsp3) is 0.381. The molecule has 0 aromatic heterocycles. The Hall–Kier alpha value is -2.13. The second-order valence-electron chi connectivity index (χ2n) is 7.35. The summed E-state index contributed by atoms with van der Waals surface area (Å²) in [7, 11) is 0. The van der Waals surface area contributed by atoms with Crippen molar-refractivity contribution in [3.8, 4) is 0 Å². The summed E-state index contributed by atoms with van der Waals surface area (Å²) in [6.45, 7) is 5.87. The summed E-state index contributed by atoms with van der Waals surface area (Å²) >= 11 is 0. The number of carbonyl (C=O) groups is 1. The van der Waals surface area contributed by atoms with E-state index in [0.29, 0.717) is 6.42 Å². The van der Waals surface area contributed by atoms with Crippen LogP contribution in [-0.4, -0.2) is 17.5 Å². The van der Waals surface area contributed by atoms with E-state index in [1.54, 1.807) is 0 Å². The summed E-state index contributed by atoms with van der Waals surface area (Å²) in [6, 6.07) is 18.4. The number of nitrogens with two attached hydrogens (primary N) is 1. The molecule has 0 aliphatic carbocycles. The quantitative estimate of drug-likeness (QED) is 0.857. The van der Waals surface area contributed by atoms with Crippen LogP contribution >= 0.6 is 0 Å². The normalized spacial score (nSPS) is 12.7. The van der Waals surface area contributed by atoms with Crippen LogP contribution in [0.5, 0.6) is 0 Å². The molecule has 3 N–H and O–H groups in total. The van der Waals surface area contributed by atoms with Crippen molar-refractivity contribution in [2.75, 3.05) is 0 Å². The first-order valence-corrected chi connectivity index (χ1v) is 8.53. The van der Waals surface area contributed by atoms with Crippen LogP contribution in [0, 0.1) is 0 Å². The Kier molecular flexibility index (Phi) is 6.16. The molecular formula is C21H28N2O. The summed E-state index contributed by atoms with van der Waals surface area (Å²) in [5.41, 5.74) is 9.51. The molecule has 0 spiro atoms. The molecule has 0 aliphatic heterocycles. The highest BCUT2D eigenvalue weighted by molar-refractivity contribution is 5.82. The first kappa shape index (κ1) is 18.2. The molecule has 0 saturated heterocycles. The van der Waals surface area contributed by atoms with Gasteiger partial charge in [-0.15, -0.1) is 0 Å². The second kappa shape index (κ2) is 8.11. The zero-order valence-electron chi connectivity index (χ0n) is 14.9. The van der Waals surface area contributed by atoms with Crippen LogP contribution in [-0.2, 0) is 24.1 Å². The molecule has 128 valence electrons. The molecule has 3 nitrogen and oxygen atoms in total. The van der Waals surface area contributed by atoms with E-state index < -0.39 is 6.04 Å². The van der Waals surface area contributed by atoms with Gasteiger partial charge in [0.1, 0.15) is 0 Å². The van der Waals surface area contributed by atoms with Gasteiger partial charge in [0.25, 0.3) is 0 Å². The summed E-state index contributed by atoms with van der Waals surface area (Å²) < 4.78 is 0. The molecule has 0 bridgehead atoms. The van der Waals surface area contributed by atoms with E-state index in [1.807, 2.05) is 26.8 Å². The van der Waals surface area contributed by atoms with Crippen LogP contribution in [0.25, 0.3) is 0 Å². The lowest BCUT2D eigenvalue weighted by Gasteiger charge is -2.23. The second-order valence-corrected chi connectivity index (χ2v) is 7.35. The van der Waals surface area contributed by atoms with Crippen LogP contribution in [0.2, 0.25) is 0 Å². The molecule has 2 aromatic carbocycles. The maximum atomic E-state index is 12.1. The van der Waals surface area contributed by atoms with E-state index in [-0.39, 0.29) is 11.4 Å². The highest BCUT2D eigenvalue weighted by atomic mass is 16.2. The molecule has 1 amide bonds. The number of benzene rings is 2. The first-order chi connectivity index (χ1) is 11.3. The van der Waals surface area contributed by atoms with E-state index in [2.05, 4.69) is 53.8 Å². The Morgan fingerprint density at radius 1 is 0.917 bits per heavy atom. The van der Waals surface area contributed by atoms with E-state index in [9.17, 15) is 4.79 Å². The van der Waals surface area contributed by atoms with Crippen LogP contribution in [0.15, 0.2) is 54.6 Å². The molecule has 2 aromatic rings. The average Bonchev–Trinajstić information content (AvgIpc) is 2.53. The minimum Gasteiger partial charge on any atom is -0.350 e. The van der Waals surface area contributed by atoms with E-state index >= 15 is 0 Å². The molecule has 0 saturated carbocycles. The lowest BCUT2D eigenvalue weighted by molar-refractivity contribution is -0.123. The fourth-order valence-electron chi connectivity index (χ4n) is 2.58. The van der Waals surface area contributed by atoms with Crippen molar-refractivity contribution in [1.29, 1.82) is 0 Å². The first-order valence-electron chi connectivity index (χ1n) is 8.53. The van der Waals surface area contributed by atoms with Gasteiger partial charge in [0.05, 0.1) is 6.04 Å². The average molecular weight is 324 g/mol. The van der Waals surface area contributed by atoms with Gasteiger partial charge < -0.3 is 11.1 Å². The zero-order valence-corrected chi connectivity index (χ0v) is 14.9. The molecule has 3 heteroatoms.